The lowest BCUT2D eigenvalue weighted by molar-refractivity contribution is 0.817. The summed E-state index contributed by atoms with van der Waals surface area (Å²) in [4.78, 5) is 8.84. The van der Waals surface area contributed by atoms with E-state index in [-0.39, 0.29) is 0 Å². The van der Waals surface area contributed by atoms with Gasteiger partial charge < -0.3 is 5.32 Å². The average molecular weight is 343 g/mol. The molecular weight excluding hydrogens is 329 g/mol. The SMILES string of the molecule is CCNc1nc(C)nc(-n2cc(I)cn2)c1C. The Morgan fingerprint density at radius 3 is 2.71 bits per heavy atom. The molecule has 0 fully saturated rings. The van der Waals surface area contributed by atoms with Crippen LogP contribution in [-0.2, 0) is 0 Å². The molecule has 0 aromatic carbocycles. The van der Waals surface area contributed by atoms with E-state index in [2.05, 4.69) is 43.0 Å². The average Bonchev–Trinajstić information content (AvgIpc) is 2.70. The molecule has 17 heavy (non-hydrogen) atoms. The first-order valence-corrected chi connectivity index (χ1v) is 6.49. The van der Waals surface area contributed by atoms with E-state index >= 15 is 0 Å². The molecule has 1 N–H and O–H groups in total. The first-order valence-electron chi connectivity index (χ1n) is 5.41. The van der Waals surface area contributed by atoms with Gasteiger partial charge in [-0.25, -0.2) is 14.6 Å². The quantitative estimate of drug-likeness (QED) is 0.869. The van der Waals surface area contributed by atoms with E-state index < -0.39 is 0 Å². The molecule has 0 radical (unpaired) electrons. The molecule has 0 aliphatic carbocycles. The Morgan fingerprint density at radius 2 is 2.12 bits per heavy atom. The van der Waals surface area contributed by atoms with E-state index in [0.717, 1.165) is 33.1 Å². The Balaban J connectivity index is 2.53. The van der Waals surface area contributed by atoms with Crippen molar-refractivity contribution in [1.82, 2.24) is 19.7 Å². The number of aromatic nitrogens is 4. The Morgan fingerprint density at radius 1 is 1.35 bits per heavy atom. The molecule has 0 amide bonds. The van der Waals surface area contributed by atoms with Crippen LogP contribution in [-0.4, -0.2) is 26.3 Å². The molecule has 0 saturated carbocycles. The van der Waals surface area contributed by atoms with Gasteiger partial charge in [-0.05, 0) is 43.4 Å². The molecule has 6 heteroatoms. The first-order chi connectivity index (χ1) is 8.11. The van der Waals surface area contributed by atoms with Gasteiger partial charge in [0.2, 0.25) is 0 Å². The molecule has 2 rings (SSSR count). The van der Waals surface area contributed by atoms with Crippen LogP contribution in [0.5, 0.6) is 0 Å². The van der Waals surface area contributed by atoms with E-state index in [9.17, 15) is 0 Å². The molecule has 5 nitrogen and oxygen atoms in total. The van der Waals surface area contributed by atoms with Gasteiger partial charge in [0, 0.05) is 18.3 Å². The second-order valence-corrected chi connectivity index (χ2v) is 4.95. The molecule has 0 bridgehead atoms. The number of anilines is 1. The van der Waals surface area contributed by atoms with Gasteiger partial charge in [-0.3, -0.25) is 0 Å². The molecule has 2 aromatic rings. The number of rotatable bonds is 3. The van der Waals surface area contributed by atoms with Crippen LogP contribution in [0.4, 0.5) is 5.82 Å². The van der Waals surface area contributed by atoms with Crippen molar-refractivity contribution in [2.45, 2.75) is 20.8 Å². The summed E-state index contributed by atoms with van der Waals surface area (Å²) in [6.07, 6.45) is 3.76. The number of aryl methyl sites for hydroxylation is 1. The molecular formula is C11H14IN5. The summed E-state index contributed by atoms with van der Waals surface area (Å²) < 4.78 is 2.87. The van der Waals surface area contributed by atoms with Gasteiger partial charge in [0.15, 0.2) is 5.82 Å². The number of nitrogens with zero attached hydrogens (tertiary/aromatic N) is 4. The minimum Gasteiger partial charge on any atom is -0.370 e. The summed E-state index contributed by atoms with van der Waals surface area (Å²) in [5.41, 5.74) is 1.01. The number of nitrogens with one attached hydrogen (secondary N) is 1. The second-order valence-electron chi connectivity index (χ2n) is 3.70. The van der Waals surface area contributed by atoms with Crippen molar-refractivity contribution in [1.29, 1.82) is 0 Å². The molecule has 2 heterocycles. The Labute approximate surface area is 114 Å². The summed E-state index contributed by atoms with van der Waals surface area (Å²) in [6, 6.07) is 0. The van der Waals surface area contributed by atoms with Crippen molar-refractivity contribution in [3.8, 4) is 5.82 Å². The van der Waals surface area contributed by atoms with Gasteiger partial charge in [0.1, 0.15) is 11.6 Å². The lowest BCUT2D eigenvalue weighted by Gasteiger charge is -2.11. The highest BCUT2D eigenvalue weighted by atomic mass is 127. The lowest BCUT2D eigenvalue weighted by atomic mass is 10.3. The predicted octanol–water partition coefficient (Wildman–Crippen LogP) is 2.32. The summed E-state index contributed by atoms with van der Waals surface area (Å²) in [5, 5.41) is 7.52. The highest BCUT2D eigenvalue weighted by Gasteiger charge is 2.11. The van der Waals surface area contributed by atoms with E-state index in [1.165, 1.54) is 0 Å². The standard InChI is InChI=1S/C11H14IN5/c1-4-13-10-7(2)11(16-8(3)15-10)17-6-9(12)5-14-17/h5-6H,4H2,1-3H3,(H,13,15,16). The van der Waals surface area contributed by atoms with E-state index in [1.807, 2.05) is 33.2 Å². The topological polar surface area (TPSA) is 55.6 Å². The normalized spacial score (nSPS) is 10.6. The Bertz CT molecular complexity index is 535. The van der Waals surface area contributed by atoms with Crippen molar-refractivity contribution in [3.05, 3.63) is 27.4 Å². The fourth-order valence-electron chi connectivity index (χ4n) is 1.59. The zero-order chi connectivity index (χ0) is 12.4. The Kier molecular flexibility index (Phi) is 3.60. The number of hydrogen-bond acceptors (Lipinski definition) is 4. The van der Waals surface area contributed by atoms with Crippen molar-refractivity contribution in [3.63, 3.8) is 0 Å². The largest absolute Gasteiger partial charge is 0.370 e. The smallest absolute Gasteiger partial charge is 0.162 e. The van der Waals surface area contributed by atoms with Crippen molar-refractivity contribution in [2.24, 2.45) is 0 Å². The third-order valence-electron chi connectivity index (χ3n) is 2.34. The van der Waals surface area contributed by atoms with Crippen molar-refractivity contribution in [2.75, 3.05) is 11.9 Å². The third-order valence-corrected chi connectivity index (χ3v) is 2.90. The van der Waals surface area contributed by atoms with E-state index in [1.54, 1.807) is 4.68 Å². The summed E-state index contributed by atoms with van der Waals surface area (Å²) in [5.74, 6) is 2.45. The summed E-state index contributed by atoms with van der Waals surface area (Å²) >= 11 is 2.23. The van der Waals surface area contributed by atoms with Crippen molar-refractivity contribution >= 4 is 28.4 Å². The number of halogens is 1. The van der Waals surface area contributed by atoms with Gasteiger partial charge >= 0.3 is 0 Å². The molecule has 0 spiro atoms. The maximum Gasteiger partial charge on any atom is 0.162 e. The molecule has 0 unspecified atom stereocenters. The van der Waals surface area contributed by atoms with Crippen LogP contribution in [0.2, 0.25) is 0 Å². The zero-order valence-electron chi connectivity index (χ0n) is 10.0. The van der Waals surface area contributed by atoms with Gasteiger partial charge in [0.25, 0.3) is 0 Å². The van der Waals surface area contributed by atoms with Crippen LogP contribution < -0.4 is 5.32 Å². The first kappa shape index (κ1) is 12.3. The lowest BCUT2D eigenvalue weighted by Crippen LogP contribution is -2.10. The van der Waals surface area contributed by atoms with Crippen LogP contribution in [0.25, 0.3) is 5.82 Å². The minimum absolute atomic E-state index is 0.743. The summed E-state index contributed by atoms with van der Waals surface area (Å²) in [6.45, 7) is 6.78. The van der Waals surface area contributed by atoms with Crippen LogP contribution in [0.15, 0.2) is 12.4 Å². The van der Waals surface area contributed by atoms with Gasteiger partial charge in [-0.15, -0.1) is 0 Å². The van der Waals surface area contributed by atoms with Crippen LogP contribution in [0.1, 0.15) is 18.3 Å². The van der Waals surface area contributed by atoms with Gasteiger partial charge in [-0.1, -0.05) is 0 Å². The molecule has 0 aliphatic heterocycles. The second kappa shape index (κ2) is 4.99. The van der Waals surface area contributed by atoms with Gasteiger partial charge in [-0.2, -0.15) is 5.10 Å². The fourth-order valence-corrected chi connectivity index (χ4v) is 1.98. The van der Waals surface area contributed by atoms with Crippen LogP contribution in [0, 0.1) is 17.4 Å². The summed E-state index contributed by atoms with van der Waals surface area (Å²) in [7, 11) is 0. The maximum absolute atomic E-state index is 4.45. The fraction of sp³-hybridized carbons (Fsp3) is 0.364. The molecule has 0 saturated heterocycles. The molecule has 90 valence electrons. The number of hydrogen-bond donors (Lipinski definition) is 1. The van der Waals surface area contributed by atoms with Crippen LogP contribution >= 0.6 is 22.6 Å². The van der Waals surface area contributed by atoms with E-state index in [0.29, 0.717) is 0 Å². The van der Waals surface area contributed by atoms with Gasteiger partial charge in [0.05, 0.1) is 9.77 Å². The van der Waals surface area contributed by atoms with Crippen molar-refractivity contribution < 1.29 is 0 Å². The highest BCUT2D eigenvalue weighted by Crippen LogP contribution is 2.19. The minimum atomic E-state index is 0.743. The highest BCUT2D eigenvalue weighted by molar-refractivity contribution is 14.1. The zero-order valence-corrected chi connectivity index (χ0v) is 12.2. The molecule has 0 atom stereocenters. The third kappa shape index (κ3) is 2.56. The monoisotopic (exact) mass is 343 g/mol. The Hall–Kier alpha value is -1.18. The maximum atomic E-state index is 4.45. The van der Waals surface area contributed by atoms with Crippen LogP contribution in [0.3, 0.4) is 0 Å². The predicted molar refractivity (Wildman–Crippen MR) is 75.5 cm³/mol. The van der Waals surface area contributed by atoms with E-state index in [4.69, 9.17) is 0 Å². The molecule has 0 aliphatic rings. The molecule has 2 aromatic heterocycles.